The van der Waals surface area contributed by atoms with E-state index in [9.17, 15) is 4.79 Å². The molecule has 1 atom stereocenters. The van der Waals surface area contributed by atoms with Crippen LogP contribution in [0.2, 0.25) is 0 Å². The SMILES string of the molecule is Cc1nn(C(C)c2cc3ccccn3c2-c2ccn(CCN(C)C)c(=O)c2)c2ncnc(N)c12. The van der Waals surface area contributed by atoms with E-state index in [0.29, 0.717) is 18.0 Å². The second-order valence-corrected chi connectivity index (χ2v) is 8.86. The van der Waals surface area contributed by atoms with Gasteiger partial charge in [-0.05, 0) is 52.2 Å². The molecule has 0 aliphatic carbocycles. The lowest BCUT2D eigenvalue weighted by atomic mass is 10.0. The fourth-order valence-electron chi connectivity index (χ4n) is 4.49. The summed E-state index contributed by atoms with van der Waals surface area (Å²) in [6, 6.07) is 11.8. The molecule has 9 heteroatoms. The van der Waals surface area contributed by atoms with Crippen LogP contribution in [0.3, 0.4) is 0 Å². The highest BCUT2D eigenvalue weighted by Gasteiger charge is 2.23. The molecular formula is C25H28N8O. The molecule has 0 fully saturated rings. The van der Waals surface area contributed by atoms with E-state index in [2.05, 4.69) is 38.3 Å². The Morgan fingerprint density at radius 2 is 1.94 bits per heavy atom. The second kappa shape index (κ2) is 8.42. The van der Waals surface area contributed by atoms with Crippen LogP contribution < -0.4 is 11.3 Å². The van der Waals surface area contributed by atoms with E-state index in [0.717, 1.165) is 40.0 Å². The predicted molar refractivity (Wildman–Crippen MR) is 134 cm³/mol. The van der Waals surface area contributed by atoms with Crippen LogP contribution in [0, 0.1) is 6.92 Å². The number of rotatable bonds is 6. The molecule has 34 heavy (non-hydrogen) atoms. The van der Waals surface area contributed by atoms with Gasteiger partial charge in [-0.2, -0.15) is 5.10 Å². The van der Waals surface area contributed by atoms with E-state index in [4.69, 9.17) is 10.8 Å². The van der Waals surface area contributed by atoms with Gasteiger partial charge in [-0.25, -0.2) is 14.6 Å². The van der Waals surface area contributed by atoms with Gasteiger partial charge in [-0.1, -0.05) is 6.07 Å². The van der Waals surface area contributed by atoms with Gasteiger partial charge in [0, 0.05) is 48.2 Å². The average molecular weight is 457 g/mol. The van der Waals surface area contributed by atoms with E-state index in [1.54, 1.807) is 10.6 Å². The van der Waals surface area contributed by atoms with Crippen molar-refractivity contribution in [3.05, 3.63) is 76.7 Å². The average Bonchev–Trinajstić information content (AvgIpc) is 3.36. The molecule has 2 N–H and O–H groups in total. The highest BCUT2D eigenvalue weighted by molar-refractivity contribution is 5.88. The van der Waals surface area contributed by atoms with E-state index in [1.807, 2.05) is 56.3 Å². The summed E-state index contributed by atoms with van der Waals surface area (Å²) in [6.45, 7) is 5.44. The van der Waals surface area contributed by atoms with Crippen LogP contribution in [0.15, 0.2) is 59.9 Å². The summed E-state index contributed by atoms with van der Waals surface area (Å²) < 4.78 is 5.75. The van der Waals surface area contributed by atoms with Crippen molar-refractivity contribution >= 4 is 22.4 Å². The minimum atomic E-state index is -0.156. The fraction of sp³-hybridized carbons (Fsp3) is 0.280. The maximum atomic E-state index is 12.9. The normalized spacial score (nSPS) is 12.7. The third-order valence-corrected chi connectivity index (χ3v) is 6.28. The van der Waals surface area contributed by atoms with Crippen molar-refractivity contribution in [1.82, 2.24) is 33.6 Å². The maximum Gasteiger partial charge on any atom is 0.251 e. The molecule has 1 unspecified atom stereocenters. The first kappa shape index (κ1) is 21.8. The summed E-state index contributed by atoms with van der Waals surface area (Å²) in [5.74, 6) is 0.421. The van der Waals surface area contributed by atoms with Gasteiger partial charge in [0.25, 0.3) is 5.56 Å². The molecule has 5 rings (SSSR count). The van der Waals surface area contributed by atoms with Crippen LogP contribution in [0.4, 0.5) is 5.82 Å². The quantitative estimate of drug-likeness (QED) is 0.422. The van der Waals surface area contributed by atoms with Crippen molar-refractivity contribution in [2.45, 2.75) is 26.4 Å². The molecule has 0 radical (unpaired) electrons. The number of aromatic nitrogens is 6. The second-order valence-electron chi connectivity index (χ2n) is 8.86. The van der Waals surface area contributed by atoms with Gasteiger partial charge in [-0.15, -0.1) is 0 Å². The van der Waals surface area contributed by atoms with E-state index < -0.39 is 0 Å². The molecule has 0 spiro atoms. The van der Waals surface area contributed by atoms with Crippen LogP contribution in [0.25, 0.3) is 27.8 Å². The summed E-state index contributed by atoms with van der Waals surface area (Å²) in [5.41, 5.74) is 11.5. The lowest BCUT2D eigenvalue weighted by molar-refractivity contribution is 0.381. The number of likely N-dealkylation sites (N-methyl/N-ethyl adjacent to an activating group) is 1. The molecule has 0 aliphatic rings. The van der Waals surface area contributed by atoms with E-state index in [1.165, 1.54) is 6.33 Å². The minimum absolute atomic E-state index is 0.0234. The van der Waals surface area contributed by atoms with Crippen LogP contribution >= 0.6 is 0 Å². The van der Waals surface area contributed by atoms with Gasteiger partial charge < -0.3 is 19.6 Å². The molecule has 5 aromatic rings. The number of pyridine rings is 2. The summed E-state index contributed by atoms with van der Waals surface area (Å²) in [5, 5.41) is 5.53. The standard InChI is InChI=1S/C25H28N8O/c1-16-22-24(26)27-15-28-25(22)33(29-16)17(2)20-14-19-7-5-6-9-32(19)23(20)18-8-10-31(21(34)13-18)12-11-30(3)4/h5-10,13-15,17H,11-12H2,1-4H3,(H2,26,27,28). The molecule has 0 bridgehead atoms. The molecule has 0 aliphatic heterocycles. The Morgan fingerprint density at radius 3 is 2.71 bits per heavy atom. The lowest BCUT2D eigenvalue weighted by Gasteiger charge is -2.16. The molecule has 0 saturated heterocycles. The number of nitrogen functional groups attached to an aromatic ring is 1. The van der Waals surface area contributed by atoms with E-state index >= 15 is 0 Å². The van der Waals surface area contributed by atoms with Crippen molar-refractivity contribution in [2.24, 2.45) is 0 Å². The number of hydrogen-bond acceptors (Lipinski definition) is 6. The highest BCUT2D eigenvalue weighted by Crippen LogP contribution is 2.35. The first-order valence-electron chi connectivity index (χ1n) is 11.3. The van der Waals surface area contributed by atoms with Gasteiger partial charge in [0.2, 0.25) is 0 Å². The lowest BCUT2D eigenvalue weighted by Crippen LogP contribution is -2.25. The Bertz CT molecular complexity index is 1560. The topological polar surface area (TPSA) is 99.3 Å². The van der Waals surface area contributed by atoms with Crippen molar-refractivity contribution in [3.8, 4) is 11.3 Å². The first-order chi connectivity index (χ1) is 16.3. The number of nitrogens with zero attached hydrogens (tertiary/aromatic N) is 7. The largest absolute Gasteiger partial charge is 0.383 e. The Labute approximate surface area is 197 Å². The smallest absolute Gasteiger partial charge is 0.251 e. The highest BCUT2D eigenvalue weighted by atomic mass is 16.1. The predicted octanol–water partition coefficient (Wildman–Crippen LogP) is 2.97. The summed E-state index contributed by atoms with van der Waals surface area (Å²) in [7, 11) is 4.00. The molecule has 9 nitrogen and oxygen atoms in total. The van der Waals surface area contributed by atoms with Crippen molar-refractivity contribution in [1.29, 1.82) is 0 Å². The Hall–Kier alpha value is -3.98. The number of anilines is 1. The van der Waals surface area contributed by atoms with Gasteiger partial charge in [0.1, 0.15) is 12.1 Å². The van der Waals surface area contributed by atoms with Crippen molar-refractivity contribution < 1.29 is 0 Å². The minimum Gasteiger partial charge on any atom is -0.383 e. The van der Waals surface area contributed by atoms with Crippen LogP contribution in [0.5, 0.6) is 0 Å². The zero-order chi connectivity index (χ0) is 24.0. The molecule has 5 aromatic heterocycles. The molecule has 5 heterocycles. The molecular weight excluding hydrogens is 428 g/mol. The van der Waals surface area contributed by atoms with Crippen molar-refractivity contribution in [2.75, 3.05) is 26.4 Å². The zero-order valence-corrected chi connectivity index (χ0v) is 19.8. The number of aryl methyl sites for hydroxylation is 1. The van der Waals surface area contributed by atoms with Gasteiger partial charge in [0.15, 0.2) is 5.65 Å². The summed E-state index contributed by atoms with van der Waals surface area (Å²) in [6.07, 6.45) is 5.36. The Kier molecular flexibility index (Phi) is 5.41. The zero-order valence-electron chi connectivity index (χ0n) is 19.8. The third-order valence-electron chi connectivity index (χ3n) is 6.28. The Morgan fingerprint density at radius 1 is 1.12 bits per heavy atom. The monoisotopic (exact) mass is 456 g/mol. The maximum absolute atomic E-state index is 12.9. The number of hydrogen-bond donors (Lipinski definition) is 1. The molecule has 0 aromatic carbocycles. The van der Waals surface area contributed by atoms with Crippen LogP contribution in [0.1, 0.15) is 24.2 Å². The fourth-order valence-corrected chi connectivity index (χ4v) is 4.49. The molecule has 0 saturated carbocycles. The summed E-state index contributed by atoms with van der Waals surface area (Å²) in [4.78, 5) is 23.6. The molecule has 0 amide bonds. The number of nitrogens with two attached hydrogens (primary N) is 1. The van der Waals surface area contributed by atoms with Gasteiger partial charge in [-0.3, -0.25) is 4.79 Å². The summed E-state index contributed by atoms with van der Waals surface area (Å²) >= 11 is 0. The first-order valence-corrected chi connectivity index (χ1v) is 11.3. The Balaban J connectivity index is 1.67. The van der Waals surface area contributed by atoms with Crippen LogP contribution in [-0.4, -0.2) is 54.3 Å². The molecule has 174 valence electrons. The van der Waals surface area contributed by atoms with Gasteiger partial charge in [0.05, 0.1) is 22.8 Å². The van der Waals surface area contributed by atoms with Crippen LogP contribution in [-0.2, 0) is 6.54 Å². The number of fused-ring (bicyclic) bond motifs is 2. The third kappa shape index (κ3) is 3.63. The van der Waals surface area contributed by atoms with E-state index in [-0.39, 0.29) is 11.6 Å². The van der Waals surface area contributed by atoms with Crippen molar-refractivity contribution in [3.63, 3.8) is 0 Å². The van der Waals surface area contributed by atoms with Gasteiger partial charge >= 0.3 is 0 Å².